The number of nitrogens with zero attached hydrogens (tertiary/aromatic N) is 1. The van der Waals surface area contributed by atoms with E-state index < -0.39 is 11.7 Å². The van der Waals surface area contributed by atoms with E-state index in [9.17, 15) is 14.0 Å². The molecular formula is C13H17FN2O3. The Morgan fingerprint density at radius 1 is 1.42 bits per heavy atom. The first-order valence-corrected chi connectivity index (χ1v) is 5.86. The molecule has 0 radical (unpaired) electrons. The molecule has 0 atom stereocenters. The largest absolute Gasteiger partial charge is 0.497 e. The predicted molar refractivity (Wildman–Crippen MR) is 68.6 cm³/mol. The molecule has 0 aromatic heterocycles. The van der Waals surface area contributed by atoms with Crippen molar-refractivity contribution >= 4 is 11.8 Å². The number of hydrogen-bond donors (Lipinski definition) is 1. The van der Waals surface area contributed by atoms with Crippen molar-refractivity contribution in [1.82, 2.24) is 10.2 Å². The summed E-state index contributed by atoms with van der Waals surface area (Å²) in [4.78, 5) is 24.7. The number of halogens is 1. The van der Waals surface area contributed by atoms with Gasteiger partial charge in [-0.1, -0.05) is 0 Å². The van der Waals surface area contributed by atoms with Crippen molar-refractivity contribution in [1.29, 1.82) is 0 Å². The first-order valence-electron chi connectivity index (χ1n) is 5.86. The highest BCUT2D eigenvalue weighted by Crippen LogP contribution is 2.17. The SMILES string of the molecule is CCN(CC(=O)NC)C(=O)c1ccc(OC)cc1F. The van der Waals surface area contributed by atoms with E-state index in [0.717, 1.165) is 6.07 Å². The monoisotopic (exact) mass is 268 g/mol. The molecule has 0 spiro atoms. The highest BCUT2D eigenvalue weighted by molar-refractivity contribution is 5.96. The van der Waals surface area contributed by atoms with Gasteiger partial charge in [0.15, 0.2) is 0 Å². The maximum absolute atomic E-state index is 13.8. The molecule has 1 N–H and O–H groups in total. The second kappa shape index (κ2) is 6.72. The van der Waals surface area contributed by atoms with Gasteiger partial charge in [0, 0.05) is 19.7 Å². The van der Waals surface area contributed by atoms with Gasteiger partial charge in [-0.2, -0.15) is 0 Å². The Labute approximate surface area is 111 Å². The molecule has 0 aliphatic carbocycles. The summed E-state index contributed by atoms with van der Waals surface area (Å²) >= 11 is 0. The van der Waals surface area contributed by atoms with E-state index in [0.29, 0.717) is 12.3 Å². The first-order chi connectivity index (χ1) is 9.03. The van der Waals surface area contributed by atoms with Gasteiger partial charge in [-0.05, 0) is 19.1 Å². The van der Waals surface area contributed by atoms with Crippen molar-refractivity contribution in [3.63, 3.8) is 0 Å². The lowest BCUT2D eigenvalue weighted by atomic mass is 10.1. The number of methoxy groups -OCH3 is 1. The van der Waals surface area contributed by atoms with E-state index in [4.69, 9.17) is 4.74 Å². The number of carbonyl (C=O) groups is 2. The molecule has 0 aliphatic rings. The fourth-order valence-electron chi connectivity index (χ4n) is 1.55. The van der Waals surface area contributed by atoms with Crippen LogP contribution in [-0.4, -0.2) is 44.0 Å². The Hall–Kier alpha value is -2.11. The molecule has 0 saturated carbocycles. The van der Waals surface area contributed by atoms with E-state index >= 15 is 0 Å². The number of nitrogens with one attached hydrogen (secondary N) is 1. The fraction of sp³-hybridized carbons (Fsp3) is 0.385. The second-order valence-electron chi connectivity index (χ2n) is 3.84. The average Bonchev–Trinajstić information content (AvgIpc) is 2.43. The summed E-state index contributed by atoms with van der Waals surface area (Å²) in [6.07, 6.45) is 0. The molecule has 0 unspecified atom stereocenters. The molecule has 1 aromatic carbocycles. The minimum absolute atomic E-state index is 0.0773. The summed E-state index contributed by atoms with van der Waals surface area (Å²) in [7, 11) is 2.90. The van der Waals surface area contributed by atoms with Crippen molar-refractivity contribution < 1.29 is 18.7 Å². The summed E-state index contributed by atoms with van der Waals surface area (Å²) in [6, 6.07) is 3.99. The van der Waals surface area contributed by atoms with Gasteiger partial charge in [0.05, 0.1) is 19.2 Å². The lowest BCUT2D eigenvalue weighted by Gasteiger charge is -2.20. The van der Waals surface area contributed by atoms with Crippen LogP contribution in [0.4, 0.5) is 4.39 Å². The standard InChI is InChI=1S/C13H17FN2O3/c1-4-16(8-12(17)15-2)13(18)10-6-5-9(19-3)7-11(10)14/h5-7H,4,8H2,1-3H3,(H,15,17). The van der Waals surface area contributed by atoms with Gasteiger partial charge < -0.3 is 15.0 Å². The molecule has 0 aliphatic heterocycles. The highest BCUT2D eigenvalue weighted by Gasteiger charge is 2.20. The van der Waals surface area contributed by atoms with Crippen LogP contribution in [0.25, 0.3) is 0 Å². The normalized spacial score (nSPS) is 9.89. The summed E-state index contributed by atoms with van der Waals surface area (Å²) in [5.74, 6) is -1.15. The molecule has 1 aromatic rings. The van der Waals surface area contributed by atoms with E-state index in [1.807, 2.05) is 0 Å². The van der Waals surface area contributed by atoms with Gasteiger partial charge in [0.25, 0.3) is 5.91 Å². The van der Waals surface area contributed by atoms with Crippen LogP contribution in [0.3, 0.4) is 0 Å². The summed E-state index contributed by atoms with van der Waals surface area (Å²) in [5.41, 5.74) is -0.0773. The zero-order valence-electron chi connectivity index (χ0n) is 11.2. The second-order valence-corrected chi connectivity index (χ2v) is 3.84. The Morgan fingerprint density at radius 2 is 2.11 bits per heavy atom. The van der Waals surface area contributed by atoms with Gasteiger partial charge >= 0.3 is 0 Å². The third kappa shape index (κ3) is 3.67. The number of hydrogen-bond acceptors (Lipinski definition) is 3. The number of ether oxygens (including phenoxy) is 1. The van der Waals surface area contributed by atoms with Crippen LogP contribution in [0.2, 0.25) is 0 Å². The number of amides is 2. The first kappa shape index (κ1) is 14.9. The minimum Gasteiger partial charge on any atom is -0.497 e. The number of likely N-dealkylation sites (N-methyl/N-ethyl adjacent to an activating group) is 2. The van der Waals surface area contributed by atoms with E-state index in [-0.39, 0.29) is 18.0 Å². The molecule has 0 heterocycles. The van der Waals surface area contributed by atoms with Gasteiger partial charge in [0.2, 0.25) is 5.91 Å². The van der Waals surface area contributed by atoms with E-state index in [1.165, 1.54) is 31.2 Å². The lowest BCUT2D eigenvalue weighted by molar-refractivity contribution is -0.121. The Bertz CT molecular complexity index is 477. The molecule has 2 amide bonds. The Kier molecular flexibility index (Phi) is 5.29. The smallest absolute Gasteiger partial charge is 0.257 e. The maximum atomic E-state index is 13.8. The van der Waals surface area contributed by atoms with Gasteiger partial charge in [0.1, 0.15) is 11.6 Å². The lowest BCUT2D eigenvalue weighted by Crippen LogP contribution is -2.39. The Morgan fingerprint density at radius 3 is 2.58 bits per heavy atom. The zero-order valence-corrected chi connectivity index (χ0v) is 11.2. The molecule has 0 saturated heterocycles. The summed E-state index contributed by atoms with van der Waals surface area (Å²) in [5, 5.41) is 2.42. The maximum Gasteiger partial charge on any atom is 0.257 e. The highest BCUT2D eigenvalue weighted by atomic mass is 19.1. The van der Waals surface area contributed by atoms with Crippen LogP contribution in [0.5, 0.6) is 5.75 Å². The third-order valence-corrected chi connectivity index (χ3v) is 2.69. The minimum atomic E-state index is -0.667. The van der Waals surface area contributed by atoms with Crippen LogP contribution < -0.4 is 10.1 Å². The van der Waals surface area contributed by atoms with Crippen LogP contribution in [-0.2, 0) is 4.79 Å². The number of carbonyl (C=O) groups excluding carboxylic acids is 2. The van der Waals surface area contributed by atoms with Gasteiger partial charge in [-0.25, -0.2) is 4.39 Å². The van der Waals surface area contributed by atoms with E-state index in [2.05, 4.69) is 5.32 Å². The summed E-state index contributed by atoms with van der Waals surface area (Å²) in [6.45, 7) is 1.94. The van der Waals surface area contributed by atoms with Crippen molar-refractivity contribution in [2.24, 2.45) is 0 Å². The number of rotatable bonds is 5. The average molecular weight is 268 g/mol. The van der Waals surface area contributed by atoms with Crippen molar-refractivity contribution in [2.45, 2.75) is 6.92 Å². The predicted octanol–water partition coefficient (Wildman–Crippen LogP) is 1.04. The van der Waals surface area contributed by atoms with Crippen LogP contribution in [0, 0.1) is 5.82 Å². The van der Waals surface area contributed by atoms with Gasteiger partial charge in [-0.15, -0.1) is 0 Å². The molecule has 5 nitrogen and oxygen atoms in total. The van der Waals surface area contributed by atoms with Gasteiger partial charge in [-0.3, -0.25) is 9.59 Å². The van der Waals surface area contributed by atoms with Crippen molar-refractivity contribution in [3.8, 4) is 5.75 Å². The topological polar surface area (TPSA) is 58.6 Å². The number of benzene rings is 1. The summed E-state index contributed by atoms with van der Waals surface area (Å²) < 4.78 is 18.6. The molecular weight excluding hydrogens is 251 g/mol. The molecule has 0 bridgehead atoms. The van der Waals surface area contributed by atoms with Crippen molar-refractivity contribution in [3.05, 3.63) is 29.6 Å². The molecule has 0 fully saturated rings. The third-order valence-electron chi connectivity index (χ3n) is 2.69. The van der Waals surface area contributed by atoms with Crippen molar-refractivity contribution in [2.75, 3.05) is 27.2 Å². The Balaban J connectivity index is 2.94. The molecule has 1 rings (SSSR count). The van der Waals surface area contributed by atoms with Crippen LogP contribution >= 0.6 is 0 Å². The van der Waals surface area contributed by atoms with Crippen LogP contribution in [0.15, 0.2) is 18.2 Å². The molecule has 104 valence electrons. The van der Waals surface area contributed by atoms with E-state index in [1.54, 1.807) is 6.92 Å². The quantitative estimate of drug-likeness (QED) is 0.868. The fourth-order valence-corrected chi connectivity index (χ4v) is 1.55. The molecule has 6 heteroatoms. The zero-order chi connectivity index (χ0) is 14.4. The molecule has 19 heavy (non-hydrogen) atoms. The van der Waals surface area contributed by atoms with Crippen LogP contribution in [0.1, 0.15) is 17.3 Å².